The second-order valence-corrected chi connectivity index (χ2v) is 6.95. The normalized spacial score (nSPS) is 10.5. The molecule has 3 aromatic rings. The summed E-state index contributed by atoms with van der Waals surface area (Å²) in [5.74, 6) is -0.363. The number of fused-ring (bicyclic) bond motifs is 1. The van der Waals surface area contributed by atoms with Gasteiger partial charge in [-0.15, -0.1) is 24.8 Å². The van der Waals surface area contributed by atoms with E-state index < -0.39 is 11.9 Å². The number of rotatable bonds is 6. The van der Waals surface area contributed by atoms with E-state index in [1.54, 1.807) is 68.7 Å². The van der Waals surface area contributed by atoms with Crippen molar-refractivity contribution < 1.29 is 14.3 Å². The summed E-state index contributed by atoms with van der Waals surface area (Å²) in [4.78, 5) is 28.4. The number of benzene rings is 3. The Bertz CT molecular complexity index is 1230. The zero-order chi connectivity index (χ0) is 23.3. The zero-order valence-corrected chi connectivity index (χ0v) is 20.2. The predicted octanol–water partition coefficient (Wildman–Crippen LogP) is 2.83. The van der Waals surface area contributed by atoms with Gasteiger partial charge in [0.25, 0.3) is 0 Å². The summed E-state index contributed by atoms with van der Waals surface area (Å²) in [7, 11) is 3.40. The topological polar surface area (TPSA) is 156 Å². The van der Waals surface area contributed by atoms with Crippen molar-refractivity contribution in [2.24, 2.45) is 16.5 Å². The number of nitrogens with two attached hydrogens (primary N) is 2. The molecule has 0 aromatic heterocycles. The quantitative estimate of drug-likeness (QED) is 0.150. The SMILES string of the molecule is CN=C(NC)Nc1ccc(C(=O)Oc2ccc3cc(C(=N)N)ccc3c2CC(N)=O)cc1.Cl.Cl. The number of guanidine groups is 1. The molecule has 180 valence electrons. The molecule has 3 aromatic carbocycles. The number of anilines is 1. The maximum Gasteiger partial charge on any atom is 0.343 e. The largest absolute Gasteiger partial charge is 0.423 e. The van der Waals surface area contributed by atoms with Crippen LogP contribution in [-0.2, 0) is 11.2 Å². The molecule has 0 spiro atoms. The fourth-order valence-electron chi connectivity index (χ4n) is 3.21. The molecule has 0 bridgehead atoms. The summed E-state index contributed by atoms with van der Waals surface area (Å²) in [6.07, 6.45) is -0.106. The van der Waals surface area contributed by atoms with Gasteiger partial charge in [-0.2, -0.15) is 0 Å². The van der Waals surface area contributed by atoms with E-state index in [0.29, 0.717) is 28.0 Å². The monoisotopic (exact) mass is 504 g/mol. The number of carbonyl (C=O) groups excluding carboxylic acids is 2. The molecule has 3 rings (SSSR count). The van der Waals surface area contributed by atoms with E-state index in [9.17, 15) is 9.59 Å². The minimum absolute atomic E-state index is 0. The van der Waals surface area contributed by atoms with E-state index in [0.717, 1.165) is 11.1 Å². The Morgan fingerprint density at radius 1 is 1.00 bits per heavy atom. The fraction of sp³-hybridized carbons (Fsp3) is 0.130. The van der Waals surface area contributed by atoms with Gasteiger partial charge in [-0.05, 0) is 47.2 Å². The van der Waals surface area contributed by atoms with Crippen LogP contribution in [0.4, 0.5) is 5.69 Å². The summed E-state index contributed by atoms with van der Waals surface area (Å²) in [6.45, 7) is 0. The number of primary amides is 1. The Morgan fingerprint density at radius 2 is 1.65 bits per heavy atom. The summed E-state index contributed by atoms with van der Waals surface area (Å²) >= 11 is 0. The third-order valence-electron chi connectivity index (χ3n) is 4.80. The molecule has 0 saturated carbocycles. The van der Waals surface area contributed by atoms with Crippen molar-refractivity contribution in [1.29, 1.82) is 5.41 Å². The first kappa shape index (κ1) is 28.2. The highest BCUT2D eigenvalue weighted by molar-refractivity contribution is 6.01. The van der Waals surface area contributed by atoms with Gasteiger partial charge in [-0.25, -0.2) is 4.79 Å². The number of nitrogen functional groups attached to an aromatic ring is 1. The van der Waals surface area contributed by atoms with Crippen LogP contribution < -0.4 is 26.8 Å². The Kier molecular flexibility index (Phi) is 10.3. The molecule has 9 nitrogen and oxygen atoms in total. The molecule has 0 heterocycles. The van der Waals surface area contributed by atoms with Crippen LogP contribution in [0.5, 0.6) is 5.75 Å². The van der Waals surface area contributed by atoms with Crippen molar-refractivity contribution in [3.63, 3.8) is 0 Å². The first-order valence-corrected chi connectivity index (χ1v) is 9.74. The van der Waals surface area contributed by atoms with Gasteiger partial charge >= 0.3 is 5.97 Å². The average Bonchev–Trinajstić information content (AvgIpc) is 2.78. The molecule has 0 radical (unpaired) electrons. The van der Waals surface area contributed by atoms with Crippen LogP contribution in [0.2, 0.25) is 0 Å². The van der Waals surface area contributed by atoms with E-state index in [4.69, 9.17) is 21.6 Å². The Hall–Kier alpha value is -3.82. The average molecular weight is 505 g/mol. The van der Waals surface area contributed by atoms with Crippen molar-refractivity contribution in [2.75, 3.05) is 19.4 Å². The van der Waals surface area contributed by atoms with E-state index in [1.807, 2.05) is 0 Å². The molecule has 0 aliphatic rings. The van der Waals surface area contributed by atoms with Gasteiger partial charge in [0.05, 0.1) is 12.0 Å². The smallest absolute Gasteiger partial charge is 0.343 e. The lowest BCUT2D eigenvalue weighted by Gasteiger charge is -2.13. The van der Waals surface area contributed by atoms with Crippen LogP contribution in [0, 0.1) is 5.41 Å². The van der Waals surface area contributed by atoms with Crippen LogP contribution in [0.15, 0.2) is 59.6 Å². The van der Waals surface area contributed by atoms with E-state index in [-0.39, 0.29) is 42.8 Å². The molecule has 0 atom stereocenters. The van der Waals surface area contributed by atoms with Gasteiger partial charge in [0, 0.05) is 30.9 Å². The predicted molar refractivity (Wildman–Crippen MR) is 140 cm³/mol. The molecule has 1 amide bonds. The van der Waals surface area contributed by atoms with Crippen molar-refractivity contribution in [3.05, 3.63) is 71.3 Å². The van der Waals surface area contributed by atoms with Crippen molar-refractivity contribution in [2.45, 2.75) is 6.42 Å². The maximum atomic E-state index is 12.7. The minimum Gasteiger partial charge on any atom is -0.423 e. The van der Waals surface area contributed by atoms with Gasteiger partial charge in [0.1, 0.15) is 11.6 Å². The van der Waals surface area contributed by atoms with Crippen molar-refractivity contribution in [3.8, 4) is 5.75 Å². The van der Waals surface area contributed by atoms with Gasteiger partial charge < -0.3 is 26.8 Å². The number of hydrogen-bond donors (Lipinski definition) is 5. The molecular formula is C23H26Cl2N6O3. The summed E-state index contributed by atoms with van der Waals surface area (Å²) in [6, 6.07) is 15.2. The number of halogens is 2. The third-order valence-corrected chi connectivity index (χ3v) is 4.80. The second kappa shape index (κ2) is 12.4. The van der Waals surface area contributed by atoms with Crippen molar-refractivity contribution >= 4 is 64.9 Å². The van der Waals surface area contributed by atoms with Crippen LogP contribution in [0.3, 0.4) is 0 Å². The Balaban J connectivity index is 0.00000289. The highest BCUT2D eigenvalue weighted by Gasteiger charge is 2.16. The lowest BCUT2D eigenvalue weighted by atomic mass is 9.98. The van der Waals surface area contributed by atoms with E-state index >= 15 is 0 Å². The summed E-state index contributed by atoms with van der Waals surface area (Å²) in [5, 5.41) is 15.0. The summed E-state index contributed by atoms with van der Waals surface area (Å²) in [5.41, 5.74) is 13.1. The lowest BCUT2D eigenvalue weighted by molar-refractivity contribution is -0.117. The fourth-order valence-corrected chi connectivity index (χ4v) is 3.21. The van der Waals surface area contributed by atoms with Crippen molar-refractivity contribution in [1.82, 2.24) is 5.32 Å². The second-order valence-electron chi connectivity index (χ2n) is 6.95. The molecule has 0 aliphatic carbocycles. The number of nitrogens with one attached hydrogen (secondary N) is 3. The van der Waals surface area contributed by atoms with Gasteiger partial charge in [0.15, 0.2) is 5.96 Å². The van der Waals surface area contributed by atoms with Gasteiger partial charge in [0.2, 0.25) is 5.91 Å². The van der Waals surface area contributed by atoms with Gasteiger partial charge in [-0.1, -0.05) is 18.2 Å². The maximum absolute atomic E-state index is 12.7. The molecule has 11 heteroatoms. The number of esters is 1. The van der Waals surface area contributed by atoms with Crippen LogP contribution in [0.1, 0.15) is 21.5 Å². The first-order chi connectivity index (χ1) is 15.3. The van der Waals surface area contributed by atoms with Crippen LogP contribution >= 0.6 is 24.8 Å². The summed E-state index contributed by atoms with van der Waals surface area (Å²) < 4.78 is 5.61. The number of ether oxygens (including phenoxy) is 1. The Labute approximate surface area is 209 Å². The molecular weight excluding hydrogens is 479 g/mol. The highest BCUT2D eigenvalue weighted by atomic mass is 35.5. The molecule has 0 saturated heterocycles. The standard InChI is InChI=1S/C23H24N6O3.2ClH/c1-27-23(28-2)29-16-7-3-13(4-8-16)22(31)32-19-10-6-14-11-15(21(25)26)5-9-17(14)18(19)12-20(24)30;;/h3-11H,12H2,1-2H3,(H2,24,30)(H3,25,26)(H2,27,28,29);2*1H. The van der Waals surface area contributed by atoms with Gasteiger partial charge in [-0.3, -0.25) is 15.2 Å². The van der Waals surface area contributed by atoms with Crippen LogP contribution in [-0.4, -0.2) is 37.8 Å². The van der Waals surface area contributed by atoms with E-state index in [1.165, 1.54) is 0 Å². The number of hydrogen-bond acceptors (Lipinski definition) is 5. The third kappa shape index (κ3) is 6.60. The first-order valence-electron chi connectivity index (χ1n) is 9.74. The number of aliphatic imine (C=N–C) groups is 1. The molecule has 7 N–H and O–H groups in total. The Morgan fingerprint density at radius 3 is 2.21 bits per heavy atom. The number of nitrogens with zero attached hydrogens (tertiary/aromatic N) is 1. The number of amidine groups is 1. The van der Waals surface area contributed by atoms with Crippen LogP contribution in [0.25, 0.3) is 10.8 Å². The minimum atomic E-state index is -0.569. The molecule has 0 unspecified atom stereocenters. The number of carbonyl (C=O) groups is 2. The highest BCUT2D eigenvalue weighted by Crippen LogP contribution is 2.30. The number of amides is 1. The molecule has 34 heavy (non-hydrogen) atoms. The molecule has 0 aliphatic heterocycles. The van der Waals surface area contributed by atoms with E-state index in [2.05, 4.69) is 15.6 Å². The molecule has 0 fully saturated rings. The zero-order valence-electron chi connectivity index (χ0n) is 18.5. The lowest BCUT2D eigenvalue weighted by Crippen LogP contribution is -2.26.